The van der Waals surface area contributed by atoms with Gasteiger partial charge in [0.05, 0.1) is 5.03 Å². The van der Waals surface area contributed by atoms with Gasteiger partial charge in [-0.05, 0) is 49.1 Å². The Bertz CT molecular complexity index is 784. The highest BCUT2D eigenvalue weighted by Crippen LogP contribution is 2.20. The molecule has 0 atom stereocenters. The molecule has 1 aliphatic rings. The number of anilines is 1. The summed E-state index contributed by atoms with van der Waals surface area (Å²) < 4.78 is 0. The number of benzene rings is 1. The first-order valence-electron chi connectivity index (χ1n) is 8.82. The number of ketones is 1. The normalized spacial score (nSPS) is 14.4. The van der Waals surface area contributed by atoms with E-state index in [-0.39, 0.29) is 11.7 Å². The average Bonchev–Trinajstić information content (AvgIpc) is 2.68. The number of rotatable bonds is 5. The Kier molecular flexibility index (Phi) is 5.93. The van der Waals surface area contributed by atoms with E-state index in [9.17, 15) is 9.59 Å². The fourth-order valence-electron chi connectivity index (χ4n) is 3.03. The van der Waals surface area contributed by atoms with Crippen LogP contribution in [0, 0.1) is 0 Å². The highest BCUT2D eigenvalue weighted by molar-refractivity contribution is 7.99. The molecule has 0 saturated carbocycles. The quantitative estimate of drug-likeness (QED) is 0.597. The lowest BCUT2D eigenvalue weighted by Gasteiger charge is -2.36. The van der Waals surface area contributed by atoms with Crippen LogP contribution in [0.25, 0.3) is 0 Å². The van der Waals surface area contributed by atoms with Crippen LogP contribution in [0.1, 0.15) is 34.6 Å². The summed E-state index contributed by atoms with van der Waals surface area (Å²) in [5.74, 6) is 1.08. The minimum atomic E-state index is 0.0666. The summed E-state index contributed by atoms with van der Waals surface area (Å²) >= 11 is 1.64. The molecule has 1 aromatic heterocycles. The molecule has 136 valence electrons. The SMILES string of the molecule is CCSc1cc(C(=O)N2CCN(c3ccc(C(C)=O)cc3)CC2)ccn1. The molecule has 2 aromatic rings. The lowest BCUT2D eigenvalue weighted by molar-refractivity contribution is 0.0746. The smallest absolute Gasteiger partial charge is 0.254 e. The van der Waals surface area contributed by atoms with E-state index in [2.05, 4.69) is 16.8 Å². The molecule has 26 heavy (non-hydrogen) atoms. The van der Waals surface area contributed by atoms with Crippen molar-refractivity contribution in [3.8, 4) is 0 Å². The largest absolute Gasteiger partial charge is 0.368 e. The van der Waals surface area contributed by atoms with Gasteiger partial charge in [-0.3, -0.25) is 9.59 Å². The van der Waals surface area contributed by atoms with Crippen molar-refractivity contribution in [1.82, 2.24) is 9.88 Å². The number of amides is 1. The molecule has 0 N–H and O–H groups in total. The number of carbonyl (C=O) groups excluding carboxylic acids is 2. The van der Waals surface area contributed by atoms with Gasteiger partial charge in [0, 0.05) is 49.2 Å². The van der Waals surface area contributed by atoms with Crippen LogP contribution in [0.2, 0.25) is 0 Å². The predicted molar refractivity (Wildman–Crippen MR) is 105 cm³/mol. The van der Waals surface area contributed by atoms with E-state index in [1.165, 1.54) is 0 Å². The minimum Gasteiger partial charge on any atom is -0.368 e. The van der Waals surface area contributed by atoms with Crippen molar-refractivity contribution < 1.29 is 9.59 Å². The van der Waals surface area contributed by atoms with Crippen LogP contribution < -0.4 is 4.90 Å². The number of aromatic nitrogens is 1. The van der Waals surface area contributed by atoms with Gasteiger partial charge < -0.3 is 9.80 Å². The number of piperazine rings is 1. The van der Waals surface area contributed by atoms with E-state index < -0.39 is 0 Å². The third-order valence-corrected chi connectivity index (χ3v) is 5.29. The highest BCUT2D eigenvalue weighted by atomic mass is 32.2. The second kappa shape index (κ2) is 8.36. The fraction of sp³-hybridized carbons (Fsp3) is 0.350. The third kappa shape index (κ3) is 4.25. The summed E-state index contributed by atoms with van der Waals surface area (Å²) in [4.78, 5) is 32.6. The van der Waals surface area contributed by atoms with Crippen molar-refractivity contribution in [2.45, 2.75) is 18.9 Å². The number of hydrogen-bond acceptors (Lipinski definition) is 5. The first-order chi connectivity index (χ1) is 12.6. The van der Waals surface area contributed by atoms with Crippen molar-refractivity contribution in [1.29, 1.82) is 0 Å². The molecule has 0 unspecified atom stereocenters. The number of nitrogens with zero attached hydrogens (tertiary/aromatic N) is 3. The van der Waals surface area contributed by atoms with E-state index in [1.54, 1.807) is 30.9 Å². The molecule has 0 spiro atoms. The van der Waals surface area contributed by atoms with Crippen LogP contribution >= 0.6 is 11.8 Å². The lowest BCUT2D eigenvalue weighted by atomic mass is 10.1. The number of pyridine rings is 1. The Balaban J connectivity index is 1.61. The summed E-state index contributed by atoms with van der Waals surface area (Å²) in [6, 6.07) is 11.3. The maximum Gasteiger partial charge on any atom is 0.254 e. The van der Waals surface area contributed by atoms with E-state index in [0.29, 0.717) is 18.7 Å². The number of thioether (sulfide) groups is 1. The summed E-state index contributed by atoms with van der Waals surface area (Å²) in [7, 11) is 0. The molecule has 1 amide bonds. The zero-order valence-electron chi connectivity index (χ0n) is 15.1. The number of hydrogen-bond donors (Lipinski definition) is 0. The Hall–Kier alpha value is -2.34. The number of Topliss-reactive ketones (excluding diaryl/α,β-unsaturated/α-hetero) is 1. The zero-order chi connectivity index (χ0) is 18.5. The summed E-state index contributed by atoms with van der Waals surface area (Å²) in [6.45, 7) is 6.59. The van der Waals surface area contributed by atoms with Gasteiger partial charge in [0.25, 0.3) is 5.91 Å². The molecule has 1 aliphatic heterocycles. The Morgan fingerprint density at radius 1 is 1.04 bits per heavy atom. The van der Waals surface area contributed by atoms with Gasteiger partial charge >= 0.3 is 0 Å². The molecule has 1 fully saturated rings. The van der Waals surface area contributed by atoms with Gasteiger partial charge in [-0.1, -0.05) is 6.92 Å². The topological polar surface area (TPSA) is 53.5 Å². The Morgan fingerprint density at radius 3 is 2.35 bits per heavy atom. The van der Waals surface area contributed by atoms with E-state index >= 15 is 0 Å². The lowest BCUT2D eigenvalue weighted by Crippen LogP contribution is -2.48. The van der Waals surface area contributed by atoms with Crippen molar-refractivity contribution in [3.05, 3.63) is 53.7 Å². The standard InChI is InChI=1S/C20H23N3O2S/c1-3-26-19-14-17(8-9-21-19)20(25)23-12-10-22(11-13-23)18-6-4-16(5-7-18)15(2)24/h4-9,14H,3,10-13H2,1-2H3. The van der Waals surface area contributed by atoms with Crippen molar-refractivity contribution in [3.63, 3.8) is 0 Å². The first-order valence-corrected chi connectivity index (χ1v) is 9.81. The van der Waals surface area contributed by atoms with Gasteiger partial charge in [-0.15, -0.1) is 11.8 Å². The first kappa shape index (κ1) is 18.5. The molecule has 0 bridgehead atoms. The average molecular weight is 369 g/mol. The van der Waals surface area contributed by atoms with E-state index in [0.717, 1.165) is 35.1 Å². The van der Waals surface area contributed by atoms with Gasteiger partial charge in [0.2, 0.25) is 0 Å². The molecule has 1 saturated heterocycles. The predicted octanol–water partition coefficient (Wildman–Crippen LogP) is 3.36. The minimum absolute atomic E-state index is 0.0666. The molecular weight excluding hydrogens is 346 g/mol. The second-order valence-electron chi connectivity index (χ2n) is 6.20. The van der Waals surface area contributed by atoms with Crippen LogP contribution in [0.15, 0.2) is 47.6 Å². The van der Waals surface area contributed by atoms with E-state index in [1.807, 2.05) is 35.2 Å². The molecule has 3 rings (SSSR count). The van der Waals surface area contributed by atoms with Crippen LogP contribution in [-0.2, 0) is 0 Å². The Morgan fingerprint density at radius 2 is 1.73 bits per heavy atom. The van der Waals surface area contributed by atoms with Crippen LogP contribution in [0.4, 0.5) is 5.69 Å². The van der Waals surface area contributed by atoms with Crippen molar-refractivity contribution in [2.75, 3.05) is 36.8 Å². The summed E-state index contributed by atoms with van der Waals surface area (Å²) in [5, 5.41) is 0.891. The van der Waals surface area contributed by atoms with Crippen molar-refractivity contribution >= 4 is 29.1 Å². The zero-order valence-corrected chi connectivity index (χ0v) is 16.0. The maximum absolute atomic E-state index is 12.8. The molecule has 2 heterocycles. The molecule has 6 heteroatoms. The maximum atomic E-state index is 12.8. The molecule has 5 nitrogen and oxygen atoms in total. The van der Waals surface area contributed by atoms with Crippen molar-refractivity contribution in [2.24, 2.45) is 0 Å². The third-order valence-electron chi connectivity index (χ3n) is 4.48. The Labute approximate surface area is 158 Å². The fourth-order valence-corrected chi connectivity index (χ4v) is 3.67. The molecule has 0 radical (unpaired) electrons. The van der Waals surface area contributed by atoms with Crippen LogP contribution in [-0.4, -0.2) is 53.5 Å². The van der Waals surface area contributed by atoms with Gasteiger partial charge in [0.1, 0.15) is 0 Å². The van der Waals surface area contributed by atoms with Gasteiger partial charge in [0.15, 0.2) is 5.78 Å². The molecule has 1 aromatic carbocycles. The monoisotopic (exact) mass is 369 g/mol. The molecular formula is C20H23N3O2S. The number of carbonyl (C=O) groups is 2. The van der Waals surface area contributed by atoms with Gasteiger partial charge in [-0.2, -0.15) is 0 Å². The second-order valence-corrected chi connectivity index (χ2v) is 7.48. The molecule has 0 aliphatic carbocycles. The van der Waals surface area contributed by atoms with Crippen LogP contribution in [0.3, 0.4) is 0 Å². The van der Waals surface area contributed by atoms with E-state index in [4.69, 9.17) is 0 Å². The summed E-state index contributed by atoms with van der Waals surface area (Å²) in [5.41, 5.74) is 2.52. The highest BCUT2D eigenvalue weighted by Gasteiger charge is 2.22. The van der Waals surface area contributed by atoms with Gasteiger partial charge in [-0.25, -0.2) is 4.98 Å². The summed E-state index contributed by atoms with van der Waals surface area (Å²) in [6.07, 6.45) is 1.71. The van der Waals surface area contributed by atoms with Crippen LogP contribution in [0.5, 0.6) is 0 Å².